The third-order valence-corrected chi connectivity index (χ3v) is 13.9. The van der Waals surface area contributed by atoms with Gasteiger partial charge in [0.05, 0.1) is 30.8 Å². The SMILES string of the molecule is CN(C)[C@@H](C(=O)N1CCC[C@H]1c1ncc(-c2ccc(-c3ncc(C4=CN=C([C@@H]5COC6(CCN(S(C)(=O)=O)CC6)N5C(=O)OCc5ccccc5)C4)cn3)cc2)[nH]1)c1ccccc1. The number of hydrogen-bond donors (Lipinski definition) is 1. The van der Waals surface area contributed by atoms with Gasteiger partial charge in [-0.1, -0.05) is 84.9 Å². The molecule has 0 unspecified atom stereocenters. The number of piperidine rings is 1. The second-order valence-electron chi connectivity index (χ2n) is 16.8. The molecule has 0 radical (unpaired) electrons. The monoisotopic (exact) mass is 869 g/mol. The summed E-state index contributed by atoms with van der Waals surface area (Å²) in [6.45, 7) is 1.46. The molecule has 5 aromatic rings. The molecule has 3 saturated heterocycles. The molecule has 3 atom stereocenters. The van der Waals surface area contributed by atoms with Crippen LogP contribution in [0, 0.1) is 0 Å². The molecule has 326 valence electrons. The van der Waals surface area contributed by atoms with E-state index in [4.69, 9.17) is 29.4 Å². The number of imidazole rings is 1. The van der Waals surface area contributed by atoms with Crippen LogP contribution in [0.15, 0.2) is 115 Å². The third kappa shape index (κ3) is 8.68. The van der Waals surface area contributed by atoms with Crippen LogP contribution in [-0.4, -0.2) is 123 Å². The third-order valence-electron chi connectivity index (χ3n) is 12.6. The van der Waals surface area contributed by atoms with E-state index in [0.29, 0.717) is 31.6 Å². The number of sulfonamides is 1. The smallest absolute Gasteiger partial charge is 0.413 e. The normalized spacial score (nSPS) is 20.6. The van der Waals surface area contributed by atoms with Crippen molar-refractivity contribution in [3.05, 3.63) is 132 Å². The fourth-order valence-electron chi connectivity index (χ4n) is 9.23. The molecule has 2 amide bonds. The fourth-order valence-corrected chi connectivity index (χ4v) is 10.1. The number of allylic oxidation sites excluding steroid dienone is 1. The summed E-state index contributed by atoms with van der Waals surface area (Å²) in [4.78, 5) is 55.9. The number of benzene rings is 3. The van der Waals surface area contributed by atoms with Crippen molar-refractivity contribution in [3.8, 4) is 22.6 Å². The number of nitrogens with one attached hydrogen (secondary N) is 1. The van der Waals surface area contributed by atoms with Gasteiger partial charge in [-0.05, 0) is 49.2 Å². The lowest BCUT2D eigenvalue weighted by atomic mass is 9.97. The van der Waals surface area contributed by atoms with Gasteiger partial charge in [0, 0.05) is 74.3 Å². The van der Waals surface area contributed by atoms with Crippen LogP contribution in [0.5, 0.6) is 0 Å². The van der Waals surface area contributed by atoms with Crippen molar-refractivity contribution in [2.24, 2.45) is 4.99 Å². The Labute approximate surface area is 367 Å². The number of amides is 2. The van der Waals surface area contributed by atoms with Crippen molar-refractivity contribution in [2.75, 3.05) is 46.6 Å². The Balaban J connectivity index is 0.847. The molecule has 3 fully saturated rings. The van der Waals surface area contributed by atoms with E-state index in [1.54, 1.807) is 23.5 Å². The molecule has 0 bridgehead atoms. The minimum Gasteiger partial charge on any atom is -0.444 e. The largest absolute Gasteiger partial charge is 0.444 e. The maximum atomic E-state index is 13.9. The second kappa shape index (κ2) is 17.6. The van der Waals surface area contributed by atoms with Gasteiger partial charge in [-0.15, -0.1) is 0 Å². The Morgan fingerprint density at radius 1 is 0.873 bits per heavy atom. The van der Waals surface area contributed by atoms with Crippen molar-refractivity contribution in [3.63, 3.8) is 0 Å². The van der Waals surface area contributed by atoms with E-state index in [9.17, 15) is 18.0 Å². The number of aromatic nitrogens is 4. The molecule has 1 spiro atoms. The van der Waals surface area contributed by atoms with E-state index in [0.717, 1.165) is 63.5 Å². The average Bonchev–Trinajstić information content (AvgIpc) is 4.14. The van der Waals surface area contributed by atoms with Gasteiger partial charge in [-0.25, -0.2) is 32.5 Å². The first-order chi connectivity index (χ1) is 30.5. The van der Waals surface area contributed by atoms with Gasteiger partial charge >= 0.3 is 6.09 Å². The molecule has 4 aliphatic heterocycles. The number of carbonyl (C=O) groups is 2. The van der Waals surface area contributed by atoms with Crippen LogP contribution in [0.4, 0.5) is 4.79 Å². The topological polar surface area (TPSA) is 167 Å². The lowest BCUT2D eigenvalue weighted by molar-refractivity contribution is -0.137. The summed E-state index contributed by atoms with van der Waals surface area (Å²) in [6.07, 6.45) is 10.7. The minimum atomic E-state index is -3.39. The number of nitrogens with zero attached hydrogens (tertiary/aromatic N) is 8. The predicted octanol–water partition coefficient (Wildman–Crippen LogP) is 6.48. The van der Waals surface area contributed by atoms with E-state index >= 15 is 0 Å². The quantitative estimate of drug-likeness (QED) is 0.155. The summed E-state index contributed by atoms with van der Waals surface area (Å²) in [5.41, 5.74) is 5.96. The summed E-state index contributed by atoms with van der Waals surface area (Å²) in [5, 5.41) is 0. The standard InChI is InChI=1S/C47H51N9O6S/c1-53(2)42(34-13-8-5-9-14-34)45(57)55-22-10-15-40(55)44-51-29-39(52-44)33-16-18-35(19-17-33)43-49-27-37(28-50-43)36-25-38(48-26-36)41-31-62-47(20-23-54(24-21-47)63(3,59)60)56(41)46(58)61-30-32-11-6-4-7-12-32/h4-9,11-14,16-19,26-29,40-42H,10,15,20-25,30-31H2,1-3H3,(H,51,52)/t40-,41-,42+/m0/s1. The molecule has 4 aliphatic rings. The Hall–Kier alpha value is -6.07. The molecule has 63 heavy (non-hydrogen) atoms. The zero-order valence-corrected chi connectivity index (χ0v) is 36.4. The Bertz CT molecular complexity index is 2610. The molecule has 2 aromatic heterocycles. The first-order valence-corrected chi connectivity index (χ1v) is 23.2. The minimum absolute atomic E-state index is 0.0740. The van der Waals surface area contributed by atoms with Crippen molar-refractivity contribution in [1.29, 1.82) is 0 Å². The number of aromatic amines is 1. The number of ether oxygens (including phenoxy) is 2. The van der Waals surface area contributed by atoms with Crippen LogP contribution < -0.4 is 0 Å². The molecular formula is C47H51N9O6S. The number of aliphatic imine (C=N–C) groups is 1. The van der Waals surface area contributed by atoms with E-state index in [1.165, 1.54) is 10.6 Å². The van der Waals surface area contributed by atoms with Gasteiger partial charge in [-0.3, -0.25) is 19.6 Å². The molecular weight excluding hydrogens is 819 g/mol. The lowest BCUT2D eigenvalue weighted by Crippen LogP contribution is -2.58. The van der Waals surface area contributed by atoms with Gasteiger partial charge in [0.25, 0.3) is 0 Å². The predicted molar refractivity (Wildman–Crippen MR) is 238 cm³/mol. The van der Waals surface area contributed by atoms with E-state index in [2.05, 4.69) is 4.98 Å². The van der Waals surface area contributed by atoms with Gasteiger partial charge in [0.15, 0.2) is 5.82 Å². The van der Waals surface area contributed by atoms with E-state index in [-0.39, 0.29) is 44.3 Å². The van der Waals surface area contributed by atoms with Crippen LogP contribution in [0.1, 0.15) is 66.7 Å². The number of rotatable bonds is 11. The highest BCUT2D eigenvalue weighted by atomic mass is 32.2. The molecule has 0 aliphatic carbocycles. The molecule has 15 nitrogen and oxygen atoms in total. The summed E-state index contributed by atoms with van der Waals surface area (Å²) in [7, 11) is 0.490. The summed E-state index contributed by atoms with van der Waals surface area (Å²) < 4.78 is 38.3. The zero-order valence-electron chi connectivity index (χ0n) is 35.6. The second-order valence-corrected chi connectivity index (χ2v) is 18.8. The molecule has 6 heterocycles. The van der Waals surface area contributed by atoms with Gasteiger partial charge < -0.3 is 19.4 Å². The van der Waals surface area contributed by atoms with Crippen molar-refractivity contribution in [1.82, 2.24) is 38.9 Å². The maximum absolute atomic E-state index is 13.9. The number of hydrogen-bond acceptors (Lipinski definition) is 11. The highest BCUT2D eigenvalue weighted by Crippen LogP contribution is 2.41. The van der Waals surface area contributed by atoms with Crippen molar-refractivity contribution >= 4 is 33.3 Å². The van der Waals surface area contributed by atoms with Crippen LogP contribution in [-0.2, 0) is 30.9 Å². The van der Waals surface area contributed by atoms with Gasteiger partial charge in [-0.2, -0.15) is 0 Å². The van der Waals surface area contributed by atoms with Gasteiger partial charge in [0.1, 0.15) is 30.2 Å². The first-order valence-electron chi connectivity index (χ1n) is 21.3. The zero-order chi connectivity index (χ0) is 43.7. The summed E-state index contributed by atoms with van der Waals surface area (Å²) >= 11 is 0. The highest BCUT2D eigenvalue weighted by Gasteiger charge is 2.54. The fraction of sp³-hybridized carbons (Fsp3) is 0.362. The Morgan fingerprint density at radius 2 is 1.56 bits per heavy atom. The number of H-pyrrole nitrogens is 1. The highest BCUT2D eigenvalue weighted by molar-refractivity contribution is 7.88. The molecule has 0 saturated carbocycles. The molecule has 3 aromatic carbocycles. The number of likely N-dealkylation sites (N-methyl/N-ethyl adjacent to an activating group) is 1. The molecule has 1 N–H and O–H groups in total. The number of likely N-dealkylation sites (tertiary alicyclic amines) is 1. The lowest BCUT2D eigenvalue weighted by Gasteiger charge is -2.43. The van der Waals surface area contributed by atoms with Crippen LogP contribution in [0.25, 0.3) is 28.2 Å². The average molecular weight is 870 g/mol. The molecule has 16 heteroatoms. The number of carbonyl (C=O) groups excluding carboxylic acids is 2. The maximum Gasteiger partial charge on any atom is 0.413 e. The summed E-state index contributed by atoms with van der Waals surface area (Å²) in [6, 6.07) is 26.4. The van der Waals surface area contributed by atoms with Crippen molar-refractivity contribution < 1.29 is 27.5 Å². The van der Waals surface area contributed by atoms with Crippen LogP contribution in [0.3, 0.4) is 0 Å². The summed E-state index contributed by atoms with van der Waals surface area (Å²) in [5.74, 6) is 1.43. The Kier molecular flexibility index (Phi) is 11.8. The molecule has 9 rings (SSSR count). The van der Waals surface area contributed by atoms with E-state index in [1.807, 2.05) is 115 Å². The Morgan fingerprint density at radius 3 is 2.24 bits per heavy atom. The van der Waals surface area contributed by atoms with Crippen LogP contribution in [0.2, 0.25) is 0 Å². The van der Waals surface area contributed by atoms with E-state index < -0.39 is 27.9 Å². The van der Waals surface area contributed by atoms with Crippen LogP contribution >= 0.6 is 0 Å². The van der Waals surface area contributed by atoms with Gasteiger partial charge in [0.2, 0.25) is 15.9 Å². The first kappa shape index (κ1) is 42.2. The van der Waals surface area contributed by atoms with Crippen molar-refractivity contribution in [2.45, 2.75) is 62.6 Å².